The lowest BCUT2D eigenvalue weighted by Crippen LogP contribution is -2.49. The molecule has 1 aromatic rings. The first-order chi connectivity index (χ1) is 12.7. The first-order valence-corrected chi connectivity index (χ1v) is 8.77. The standard InChI is InChI=1S/C18H25FN4O4/c1-18(2,3)27-17(26)21-9-4-8-20-12-5-6-14(13(19)11-12)23-10-7-15(24)22-16(23)25/h5-6,11,20H,4,7-10H2,1-3H3,(H,21,26)(H,22,24,25). The van der Waals surface area contributed by atoms with Crippen molar-refractivity contribution in [3.05, 3.63) is 24.0 Å². The maximum Gasteiger partial charge on any atom is 0.407 e. The van der Waals surface area contributed by atoms with Gasteiger partial charge in [0.15, 0.2) is 0 Å². The number of carbonyl (C=O) groups excluding carboxylic acids is 3. The van der Waals surface area contributed by atoms with Gasteiger partial charge in [-0.1, -0.05) is 0 Å². The molecule has 0 bridgehead atoms. The molecule has 1 fully saturated rings. The molecule has 1 aliphatic heterocycles. The minimum absolute atomic E-state index is 0.122. The van der Waals surface area contributed by atoms with Crippen LogP contribution < -0.4 is 20.9 Å². The SMILES string of the molecule is CC(C)(C)OC(=O)NCCCNc1ccc(N2CCC(=O)NC2=O)c(F)c1. The molecule has 9 heteroatoms. The molecule has 0 atom stereocenters. The van der Waals surface area contributed by atoms with E-state index in [1.807, 2.05) is 0 Å². The number of anilines is 2. The lowest BCUT2D eigenvalue weighted by Gasteiger charge is -2.27. The fourth-order valence-corrected chi connectivity index (χ4v) is 2.46. The van der Waals surface area contributed by atoms with Gasteiger partial charge >= 0.3 is 12.1 Å². The summed E-state index contributed by atoms with van der Waals surface area (Å²) in [7, 11) is 0. The summed E-state index contributed by atoms with van der Waals surface area (Å²) < 4.78 is 19.4. The van der Waals surface area contributed by atoms with E-state index in [0.29, 0.717) is 25.2 Å². The third-order valence-electron chi connectivity index (χ3n) is 3.64. The molecule has 0 spiro atoms. The van der Waals surface area contributed by atoms with Crippen molar-refractivity contribution >= 4 is 29.4 Å². The Balaban J connectivity index is 1.78. The monoisotopic (exact) mass is 380 g/mol. The Morgan fingerprint density at radius 1 is 1.30 bits per heavy atom. The highest BCUT2D eigenvalue weighted by atomic mass is 19.1. The van der Waals surface area contributed by atoms with Gasteiger partial charge in [-0.25, -0.2) is 14.0 Å². The molecule has 148 valence electrons. The van der Waals surface area contributed by atoms with Gasteiger partial charge in [0.05, 0.1) is 5.69 Å². The summed E-state index contributed by atoms with van der Waals surface area (Å²) in [5, 5.41) is 7.86. The Labute approximate surface area is 157 Å². The average molecular weight is 380 g/mol. The molecular weight excluding hydrogens is 355 g/mol. The number of imide groups is 1. The van der Waals surface area contributed by atoms with Crippen LogP contribution >= 0.6 is 0 Å². The van der Waals surface area contributed by atoms with Gasteiger partial charge < -0.3 is 15.4 Å². The number of rotatable bonds is 6. The zero-order chi connectivity index (χ0) is 20.0. The molecule has 0 aromatic heterocycles. The third-order valence-corrected chi connectivity index (χ3v) is 3.64. The molecule has 27 heavy (non-hydrogen) atoms. The highest BCUT2D eigenvalue weighted by Crippen LogP contribution is 2.24. The Morgan fingerprint density at radius 3 is 2.67 bits per heavy atom. The Morgan fingerprint density at radius 2 is 2.04 bits per heavy atom. The first kappa shape index (κ1) is 20.5. The molecule has 3 N–H and O–H groups in total. The van der Waals surface area contributed by atoms with E-state index in [1.54, 1.807) is 26.8 Å². The number of benzene rings is 1. The zero-order valence-corrected chi connectivity index (χ0v) is 15.7. The molecule has 0 unspecified atom stereocenters. The van der Waals surface area contributed by atoms with Crippen molar-refractivity contribution in [1.82, 2.24) is 10.6 Å². The highest BCUT2D eigenvalue weighted by molar-refractivity contribution is 6.05. The van der Waals surface area contributed by atoms with Gasteiger partial charge in [0, 0.05) is 31.7 Å². The van der Waals surface area contributed by atoms with Crippen LogP contribution in [0.25, 0.3) is 0 Å². The fraction of sp³-hybridized carbons (Fsp3) is 0.500. The lowest BCUT2D eigenvalue weighted by molar-refractivity contribution is -0.120. The van der Waals surface area contributed by atoms with Crippen LogP contribution in [0.3, 0.4) is 0 Å². The highest BCUT2D eigenvalue weighted by Gasteiger charge is 2.26. The molecule has 0 radical (unpaired) electrons. The molecule has 0 saturated carbocycles. The van der Waals surface area contributed by atoms with Crippen LogP contribution in [0.1, 0.15) is 33.6 Å². The summed E-state index contributed by atoms with van der Waals surface area (Å²) in [6.45, 7) is 6.45. The van der Waals surface area contributed by atoms with Crippen molar-refractivity contribution in [2.75, 3.05) is 29.9 Å². The predicted molar refractivity (Wildman–Crippen MR) is 99.2 cm³/mol. The number of nitrogens with zero attached hydrogens (tertiary/aromatic N) is 1. The molecular formula is C18H25FN4O4. The summed E-state index contributed by atoms with van der Waals surface area (Å²) in [6.07, 6.45) is 0.283. The van der Waals surface area contributed by atoms with Gasteiger partial charge in [-0.3, -0.25) is 15.0 Å². The molecule has 1 heterocycles. The molecule has 0 aliphatic carbocycles. The molecule has 4 amide bonds. The fourth-order valence-electron chi connectivity index (χ4n) is 2.46. The van der Waals surface area contributed by atoms with Crippen molar-refractivity contribution in [1.29, 1.82) is 0 Å². The minimum atomic E-state index is -0.626. The van der Waals surface area contributed by atoms with Crippen LogP contribution in [-0.4, -0.2) is 43.3 Å². The first-order valence-electron chi connectivity index (χ1n) is 8.77. The second kappa shape index (κ2) is 8.70. The maximum absolute atomic E-state index is 14.3. The lowest BCUT2D eigenvalue weighted by atomic mass is 10.2. The van der Waals surface area contributed by atoms with Crippen LogP contribution in [0, 0.1) is 5.82 Å². The van der Waals surface area contributed by atoms with Crippen molar-refractivity contribution in [2.24, 2.45) is 0 Å². The number of hydrogen-bond donors (Lipinski definition) is 3. The van der Waals surface area contributed by atoms with Crippen LogP contribution in [0.2, 0.25) is 0 Å². The van der Waals surface area contributed by atoms with Crippen molar-refractivity contribution in [3.8, 4) is 0 Å². The molecule has 1 aromatic carbocycles. The Bertz CT molecular complexity index is 718. The predicted octanol–water partition coefficient (Wildman–Crippen LogP) is 2.60. The van der Waals surface area contributed by atoms with Gasteiger partial charge in [0.2, 0.25) is 5.91 Å². The summed E-state index contributed by atoms with van der Waals surface area (Å²) in [5.74, 6) is -0.925. The van der Waals surface area contributed by atoms with Gasteiger partial charge in [0.1, 0.15) is 11.4 Å². The quantitative estimate of drug-likeness (QED) is 0.659. The number of amides is 4. The number of alkyl carbamates (subject to hydrolysis) is 1. The molecule has 1 saturated heterocycles. The summed E-state index contributed by atoms with van der Waals surface area (Å²) in [5.41, 5.74) is 0.138. The zero-order valence-electron chi connectivity index (χ0n) is 15.7. The molecule has 2 rings (SSSR count). The number of nitrogens with one attached hydrogen (secondary N) is 3. The summed E-state index contributed by atoms with van der Waals surface area (Å²) in [6, 6.07) is 3.81. The Kier molecular flexibility index (Phi) is 6.59. The number of halogens is 1. The minimum Gasteiger partial charge on any atom is -0.444 e. The van der Waals surface area contributed by atoms with Gasteiger partial charge in [-0.2, -0.15) is 0 Å². The van der Waals surface area contributed by atoms with E-state index in [2.05, 4.69) is 16.0 Å². The van der Waals surface area contributed by atoms with E-state index in [-0.39, 0.29) is 24.6 Å². The number of ether oxygens (including phenoxy) is 1. The van der Waals surface area contributed by atoms with Crippen LogP contribution in [-0.2, 0) is 9.53 Å². The third kappa shape index (κ3) is 6.43. The van der Waals surface area contributed by atoms with E-state index < -0.39 is 23.5 Å². The van der Waals surface area contributed by atoms with E-state index >= 15 is 0 Å². The van der Waals surface area contributed by atoms with Gasteiger partial charge in [0.25, 0.3) is 0 Å². The smallest absolute Gasteiger partial charge is 0.407 e. The largest absolute Gasteiger partial charge is 0.444 e. The summed E-state index contributed by atoms with van der Waals surface area (Å²) in [4.78, 5) is 35.7. The maximum atomic E-state index is 14.3. The normalized spacial score (nSPS) is 14.6. The van der Waals surface area contributed by atoms with Crippen LogP contribution in [0.4, 0.5) is 25.4 Å². The summed E-state index contributed by atoms with van der Waals surface area (Å²) >= 11 is 0. The second-order valence-corrected chi connectivity index (χ2v) is 7.13. The number of urea groups is 1. The van der Waals surface area contributed by atoms with Crippen LogP contribution in [0.5, 0.6) is 0 Å². The molecule has 8 nitrogen and oxygen atoms in total. The van der Waals surface area contributed by atoms with E-state index in [0.717, 1.165) is 0 Å². The van der Waals surface area contributed by atoms with Crippen molar-refractivity contribution in [3.63, 3.8) is 0 Å². The molecule has 1 aliphatic rings. The number of carbonyl (C=O) groups is 3. The van der Waals surface area contributed by atoms with Gasteiger partial charge in [-0.05, 0) is 45.4 Å². The second-order valence-electron chi connectivity index (χ2n) is 7.13. The van der Waals surface area contributed by atoms with E-state index in [4.69, 9.17) is 4.74 Å². The van der Waals surface area contributed by atoms with Crippen molar-refractivity contribution in [2.45, 2.75) is 39.2 Å². The number of hydrogen-bond acceptors (Lipinski definition) is 5. The van der Waals surface area contributed by atoms with Crippen molar-refractivity contribution < 1.29 is 23.5 Å². The van der Waals surface area contributed by atoms with E-state index in [1.165, 1.54) is 17.0 Å². The average Bonchev–Trinajstić information content (AvgIpc) is 2.54. The Hall–Kier alpha value is -2.84. The van der Waals surface area contributed by atoms with Gasteiger partial charge in [-0.15, -0.1) is 0 Å². The topological polar surface area (TPSA) is 99.8 Å². The van der Waals surface area contributed by atoms with Crippen LogP contribution in [0.15, 0.2) is 18.2 Å². The van der Waals surface area contributed by atoms with E-state index in [9.17, 15) is 18.8 Å².